The fourth-order valence-electron chi connectivity index (χ4n) is 3.72. The number of ether oxygens (including phenoxy) is 3. The number of carbonyl (C=O) groups is 2. The Morgan fingerprint density at radius 2 is 1.81 bits per heavy atom. The lowest BCUT2D eigenvalue weighted by atomic mass is 9.82. The molecule has 0 radical (unpaired) electrons. The zero-order valence-corrected chi connectivity index (χ0v) is 16.2. The molecule has 7 nitrogen and oxygen atoms in total. The molecule has 1 aromatic carbocycles. The highest BCUT2D eigenvalue weighted by molar-refractivity contribution is 6.06. The Labute approximate surface area is 158 Å². The molecule has 2 N–H and O–H groups in total. The number of benzene rings is 1. The Bertz CT molecular complexity index is 839. The first-order valence-electron chi connectivity index (χ1n) is 9.31. The van der Waals surface area contributed by atoms with Gasteiger partial charge in [-0.3, -0.25) is 5.32 Å². The molecule has 1 aliphatic heterocycles. The van der Waals surface area contributed by atoms with E-state index >= 15 is 0 Å². The first-order valence-corrected chi connectivity index (χ1v) is 9.31. The predicted octanol–water partition coefficient (Wildman–Crippen LogP) is 2.64. The molecular weight excluding hydrogens is 348 g/mol. The number of H-pyrrole nitrogens is 1. The summed E-state index contributed by atoms with van der Waals surface area (Å²) in [5.41, 5.74) is 1.27. The molecule has 1 aromatic heterocycles. The fourth-order valence-corrected chi connectivity index (χ4v) is 3.72. The van der Waals surface area contributed by atoms with Crippen LogP contribution in [0.2, 0.25) is 0 Å². The number of aromatic nitrogens is 1. The molecular formula is C20H26N2O5. The lowest BCUT2D eigenvalue weighted by Gasteiger charge is -2.38. The lowest BCUT2D eigenvalue weighted by molar-refractivity contribution is -0.167. The van der Waals surface area contributed by atoms with E-state index in [1.165, 1.54) is 0 Å². The van der Waals surface area contributed by atoms with Crippen LogP contribution in [0.3, 0.4) is 0 Å². The van der Waals surface area contributed by atoms with Crippen molar-refractivity contribution in [2.45, 2.75) is 45.2 Å². The summed E-state index contributed by atoms with van der Waals surface area (Å²) < 4.78 is 15.8. The van der Waals surface area contributed by atoms with E-state index in [4.69, 9.17) is 14.2 Å². The smallest absolute Gasteiger partial charge is 0.338 e. The van der Waals surface area contributed by atoms with Crippen molar-refractivity contribution in [1.29, 1.82) is 0 Å². The molecule has 0 unspecified atom stereocenters. The minimum atomic E-state index is -1.55. The fraction of sp³-hybridized carbons (Fsp3) is 0.500. The van der Waals surface area contributed by atoms with Gasteiger partial charge in [-0.05, 0) is 38.0 Å². The van der Waals surface area contributed by atoms with Crippen LogP contribution < -0.4 is 10.1 Å². The average molecular weight is 374 g/mol. The summed E-state index contributed by atoms with van der Waals surface area (Å²) in [6, 6.07) is 5.52. The number of fused-ring (bicyclic) bond motifs is 3. The number of nitrogens with one attached hydrogen (secondary N) is 2. The molecule has 0 amide bonds. The summed E-state index contributed by atoms with van der Waals surface area (Å²) in [6.07, 6.45) is 0.861. The van der Waals surface area contributed by atoms with Crippen molar-refractivity contribution < 1.29 is 23.8 Å². The van der Waals surface area contributed by atoms with E-state index in [2.05, 4.69) is 10.3 Å². The van der Waals surface area contributed by atoms with Gasteiger partial charge in [-0.2, -0.15) is 0 Å². The number of rotatable bonds is 6. The first kappa shape index (κ1) is 19.2. The van der Waals surface area contributed by atoms with Gasteiger partial charge < -0.3 is 19.2 Å². The monoisotopic (exact) mass is 374 g/mol. The molecule has 0 bridgehead atoms. The van der Waals surface area contributed by atoms with E-state index in [0.717, 1.165) is 27.9 Å². The second-order valence-electron chi connectivity index (χ2n) is 6.56. The maximum absolute atomic E-state index is 12.9. The summed E-state index contributed by atoms with van der Waals surface area (Å²) in [5.74, 6) is -0.463. The van der Waals surface area contributed by atoms with Gasteiger partial charge in [0.05, 0.1) is 20.3 Å². The van der Waals surface area contributed by atoms with E-state index < -0.39 is 17.5 Å². The Hall–Kier alpha value is -2.54. The van der Waals surface area contributed by atoms with E-state index in [1.54, 1.807) is 21.0 Å². The van der Waals surface area contributed by atoms with Crippen LogP contribution in [0.25, 0.3) is 10.9 Å². The zero-order chi connectivity index (χ0) is 19.6. The lowest BCUT2D eigenvalue weighted by Crippen LogP contribution is -2.63. The third-order valence-corrected chi connectivity index (χ3v) is 5.01. The van der Waals surface area contributed by atoms with Crippen LogP contribution in [0.5, 0.6) is 5.75 Å². The number of hydrogen-bond acceptors (Lipinski definition) is 6. The molecule has 2 aromatic rings. The van der Waals surface area contributed by atoms with Gasteiger partial charge in [0.1, 0.15) is 5.75 Å². The van der Waals surface area contributed by atoms with Gasteiger partial charge in [0.2, 0.25) is 5.54 Å². The minimum absolute atomic E-state index is 0.169. The molecule has 27 heavy (non-hydrogen) atoms. The second-order valence-corrected chi connectivity index (χ2v) is 6.56. The van der Waals surface area contributed by atoms with Crippen molar-refractivity contribution in [2.75, 3.05) is 20.3 Å². The molecule has 7 heteroatoms. The van der Waals surface area contributed by atoms with Crippen LogP contribution in [-0.4, -0.2) is 42.8 Å². The van der Waals surface area contributed by atoms with Crippen LogP contribution >= 0.6 is 0 Å². The average Bonchev–Trinajstić information content (AvgIpc) is 3.04. The molecule has 3 rings (SSSR count). The van der Waals surface area contributed by atoms with Crippen molar-refractivity contribution >= 4 is 22.8 Å². The van der Waals surface area contributed by atoms with Crippen LogP contribution in [-0.2, 0) is 25.5 Å². The van der Waals surface area contributed by atoms with Crippen molar-refractivity contribution in [3.8, 4) is 5.75 Å². The number of methoxy groups -OCH3 is 1. The predicted molar refractivity (Wildman–Crippen MR) is 101 cm³/mol. The standard InChI is InChI=1S/C20H26N2O5/c1-5-15-17-14(13-9-8-12(25-4)10-16(13)21-17)11-20(22-15,18(23)26-6-2)19(24)27-7-3/h8-10,15,21-22H,5-7,11H2,1-4H3/t15-/m1/s1. The highest BCUT2D eigenvalue weighted by atomic mass is 16.6. The highest BCUT2D eigenvalue weighted by Gasteiger charge is 2.53. The van der Waals surface area contributed by atoms with Gasteiger partial charge in [-0.25, -0.2) is 9.59 Å². The quantitative estimate of drug-likeness (QED) is 0.597. The largest absolute Gasteiger partial charge is 0.497 e. The molecule has 0 fully saturated rings. The second kappa shape index (κ2) is 7.60. The van der Waals surface area contributed by atoms with Gasteiger partial charge >= 0.3 is 11.9 Å². The van der Waals surface area contributed by atoms with E-state index in [-0.39, 0.29) is 25.7 Å². The van der Waals surface area contributed by atoms with Gasteiger partial charge in [-0.1, -0.05) is 6.92 Å². The SMILES string of the molecule is CCOC(=O)C1(C(=O)OCC)Cc2c([nH]c3cc(OC)ccc23)[C@@H](CC)N1. The first-order chi connectivity index (χ1) is 13.0. The number of hydrogen-bond donors (Lipinski definition) is 2. The third-order valence-electron chi connectivity index (χ3n) is 5.01. The summed E-state index contributed by atoms with van der Waals surface area (Å²) in [5, 5.41) is 4.18. The number of aromatic amines is 1. The van der Waals surface area contributed by atoms with E-state index in [1.807, 2.05) is 25.1 Å². The Balaban J connectivity index is 2.15. The van der Waals surface area contributed by atoms with E-state index in [0.29, 0.717) is 6.42 Å². The van der Waals surface area contributed by atoms with Crippen molar-refractivity contribution in [1.82, 2.24) is 10.3 Å². The van der Waals surface area contributed by atoms with Crippen molar-refractivity contribution in [3.05, 3.63) is 29.5 Å². The Morgan fingerprint density at radius 3 is 2.37 bits per heavy atom. The molecule has 0 spiro atoms. The van der Waals surface area contributed by atoms with Gasteiger partial charge in [0, 0.05) is 35.1 Å². The molecule has 0 saturated heterocycles. The van der Waals surface area contributed by atoms with Crippen LogP contribution in [0.1, 0.15) is 44.5 Å². The van der Waals surface area contributed by atoms with Crippen LogP contribution in [0, 0.1) is 0 Å². The van der Waals surface area contributed by atoms with Crippen molar-refractivity contribution in [3.63, 3.8) is 0 Å². The molecule has 2 heterocycles. The minimum Gasteiger partial charge on any atom is -0.497 e. The van der Waals surface area contributed by atoms with Crippen LogP contribution in [0.15, 0.2) is 18.2 Å². The Morgan fingerprint density at radius 1 is 1.15 bits per heavy atom. The summed E-state index contributed by atoms with van der Waals surface area (Å²) in [7, 11) is 1.62. The molecule has 0 aliphatic carbocycles. The van der Waals surface area contributed by atoms with Crippen molar-refractivity contribution in [2.24, 2.45) is 0 Å². The summed E-state index contributed by atoms with van der Waals surface area (Å²) in [6.45, 7) is 5.83. The van der Waals surface area contributed by atoms with Crippen LogP contribution in [0.4, 0.5) is 0 Å². The maximum atomic E-state index is 12.9. The highest BCUT2D eigenvalue weighted by Crippen LogP contribution is 2.38. The topological polar surface area (TPSA) is 89.7 Å². The summed E-state index contributed by atoms with van der Waals surface area (Å²) >= 11 is 0. The van der Waals surface area contributed by atoms with Gasteiger partial charge in [0.15, 0.2) is 0 Å². The molecule has 0 saturated carbocycles. The number of esters is 2. The maximum Gasteiger partial charge on any atom is 0.338 e. The number of carbonyl (C=O) groups excluding carboxylic acids is 2. The third kappa shape index (κ3) is 3.16. The molecule has 1 aliphatic rings. The summed E-state index contributed by atoms with van der Waals surface area (Å²) in [4.78, 5) is 29.1. The van der Waals surface area contributed by atoms with Gasteiger partial charge in [-0.15, -0.1) is 0 Å². The normalized spacial score (nSPS) is 18.0. The zero-order valence-electron chi connectivity index (χ0n) is 16.2. The van der Waals surface area contributed by atoms with E-state index in [9.17, 15) is 9.59 Å². The molecule has 1 atom stereocenters. The molecule has 146 valence electrons. The Kier molecular flexibility index (Phi) is 5.41. The van der Waals surface area contributed by atoms with Gasteiger partial charge in [0.25, 0.3) is 0 Å².